The standard InChI is InChI=1S/C11H16N2OS/c1-8(10-3-2-4-15-10)11(14)13-7-9-5-12-6-9/h2-4,8-9,12H,5-7H2,1H3,(H,13,14). The molecule has 1 aromatic heterocycles. The summed E-state index contributed by atoms with van der Waals surface area (Å²) < 4.78 is 0. The lowest BCUT2D eigenvalue weighted by atomic mass is 10.0. The Balaban J connectivity index is 1.79. The highest BCUT2D eigenvalue weighted by atomic mass is 32.1. The molecule has 0 radical (unpaired) electrons. The number of carbonyl (C=O) groups is 1. The number of rotatable bonds is 4. The van der Waals surface area contributed by atoms with E-state index in [9.17, 15) is 4.79 Å². The van der Waals surface area contributed by atoms with Gasteiger partial charge in [-0.05, 0) is 18.4 Å². The largest absolute Gasteiger partial charge is 0.355 e. The van der Waals surface area contributed by atoms with E-state index in [-0.39, 0.29) is 11.8 Å². The number of nitrogens with one attached hydrogen (secondary N) is 2. The molecule has 2 heterocycles. The van der Waals surface area contributed by atoms with E-state index in [1.165, 1.54) is 0 Å². The van der Waals surface area contributed by atoms with Crippen LogP contribution in [0.15, 0.2) is 17.5 Å². The monoisotopic (exact) mass is 224 g/mol. The van der Waals surface area contributed by atoms with Gasteiger partial charge >= 0.3 is 0 Å². The molecule has 82 valence electrons. The second-order valence-electron chi connectivity index (χ2n) is 4.01. The Morgan fingerprint density at radius 1 is 1.73 bits per heavy atom. The van der Waals surface area contributed by atoms with Crippen LogP contribution in [0.5, 0.6) is 0 Å². The van der Waals surface area contributed by atoms with E-state index in [1.54, 1.807) is 11.3 Å². The molecule has 2 N–H and O–H groups in total. The van der Waals surface area contributed by atoms with Crippen LogP contribution in [0, 0.1) is 5.92 Å². The van der Waals surface area contributed by atoms with Gasteiger partial charge in [-0.15, -0.1) is 11.3 Å². The average molecular weight is 224 g/mol. The van der Waals surface area contributed by atoms with Gasteiger partial charge in [0.2, 0.25) is 5.91 Å². The van der Waals surface area contributed by atoms with Crippen LogP contribution in [0.1, 0.15) is 17.7 Å². The van der Waals surface area contributed by atoms with Crippen molar-refractivity contribution in [2.24, 2.45) is 5.92 Å². The highest BCUT2D eigenvalue weighted by Gasteiger charge is 2.20. The number of hydrogen-bond acceptors (Lipinski definition) is 3. The lowest BCUT2D eigenvalue weighted by Crippen LogP contribution is -2.48. The highest BCUT2D eigenvalue weighted by molar-refractivity contribution is 7.10. The molecule has 1 saturated heterocycles. The summed E-state index contributed by atoms with van der Waals surface area (Å²) in [6.07, 6.45) is 0. The molecule has 0 spiro atoms. The Morgan fingerprint density at radius 3 is 3.07 bits per heavy atom. The maximum atomic E-state index is 11.8. The predicted molar refractivity (Wildman–Crippen MR) is 62.1 cm³/mol. The third kappa shape index (κ3) is 2.58. The molecular formula is C11H16N2OS. The van der Waals surface area contributed by atoms with Crippen LogP contribution in [-0.4, -0.2) is 25.5 Å². The number of carbonyl (C=O) groups excluding carboxylic acids is 1. The van der Waals surface area contributed by atoms with E-state index in [0.717, 1.165) is 24.5 Å². The molecular weight excluding hydrogens is 208 g/mol. The van der Waals surface area contributed by atoms with Crippen molar-refractivity contribution in [1.82, 2.24) is 10.6 Å². The molecule has 1 aliphatic rings. The van der Waals surface area contributed by atoms with Crippen LogP contribution in [0.25, 0.3) is 0 Å². The molecule has 3 nitrogen and oxygen atoms in total. The summed E-state index contributed by atoms with van der Waals surface area (Å²) in [5.41, 5.74) is 0. The van der Waals surface area contributed by atoms with Gasteiger partial charge in [0.15, 0.2) is 0 Å². The smallest absolute Gasteiger partial charge is 0.228 e. The van der Waals surface area contributed by atoms with Crippen molar-refractivity contribution in [2.45, 2.75) is 12.8 Å². The second kappa shape index (κ2) is 4.77. The maximum Gasteiger partial charge on any atom is 0.228 e. The molecule has 1 atom stereocenters. The summed E-state index contributed by atoms with van der Waals surface area (Å²) >= 11 is 1.64. The van der Waals surface area contributed by atoms with E-state index in [4.69, 9.17) is 0 Å². The second-order valence-corrected chi connectivity index (χ2v) is 4.99. The predicted octanol–water partition coefficient (Wildman–Crippen LogP) is 1.19. The van der Waals surface area contributed by atoms with Crippen LogP contribution in [0.4, 0.5) is 0 Å². The van der Waals surface area contributed by atoms with Crippen molar-refractivity contribution < 1.29 is 4.79 Å². The fourth-order valence-electron chi connectivity index (χ4n) is 1.56. The Morgan fingerprint density at radius 2 is 2.53 bits per heavy atom. The molecule has 1 fully saturated rings. The first-order valence-electron chi connectivity index (χ1n) is 5.29. The Kier molecular flexibility index (Phi) is 3.38. The van der Waals surface area contributed by atoms with E-state index in [0.29, 0.717) is 5.92 Å². The van der Waals surface area contributed by atoms with Gasteiger partial charge in [-0.25, -0.2) is 0 Å². The first-order chi connectivity index (χ1) is 7.27. The molecule has 2 rings (SSSR count). The number of hydrogen-bond donors (Lipinski definition) is 2. The van der Waals surface area contributed by atoms with E-state index in [2.05, 4.69) is 10.6 Å². The van der Waals surface area contributed by atoms with Crippen molar-refractivity contribution in [3.05, 3.63) is 22.4 Å². The summed E-state index contributed by atoms with van der Waals surface area (Å²) in [4.78, 5) is 12.9. The summed E-state index contributed by atoms with van der Waals surface area (Å²) in [6, 6.07) is 4.00. The Bertz CT molecular complexity index is 319. The molecule has 1 unspecified atom stereocenters. The lowest BCUT2D eigenvalue weighted by Gasteiger charge is -2.27. The lowest BCUT2D eigenvalue weighted by molar-refractivity contribution is -0.122. The van der Waals surface area contributed by atoms with E-state index < -0.39 is 0 Å². The minimum Gasteiger partial charge on any atom is -0.355 e. The van der Waals surface area contributed by atoms with Gasteiger partial charge in [-0.3, -0.25) is 4.79 Å². The normalized spacial score (nSPS) is 18.2. The summed E-state index contributed by atoms with van der Waals surface area (Å²) in [6.45, 7) is 4.84. The quantitative estimate of drug-likeness (QED) is 0.806. The zero-order chi connectivity index (χ0) is 10.7. The molecule has 1 aliphatic heterocycles. The summed E-state index contributed by atoms with van der Waals surface area (Å²) in [7, 11) is 0. The van der Waals surface area contributed by atoms with Crippen molar-refractivity contribution >= 4 is 17.2 Å². The van der Waals surface area contributed by atoms with Crippen LogP contribution in [0.2, 0.25) is 0 Å². The topological polar surface area (TPSA) is 41.1 Å². The van der Waals surface area contributed by atoms with Gasteiger partial charge in [0, 0.05) is 30.4 Å². The van der Waals surface area contributed by atoms with Gasteiger partial charge in [0.05, 0.1) is 5.92 Å². The summed E-state index contributed by atoms with van der Waals surface area (Å²) in [5, 5.41) is 8.20. The van der Waals surface area contributed by atoms with E-state index in [1.807, 2.05) is 24.4 Å². The van der Waals surface area contributed by atoms with Gasteiger partial charge in [-0.2, -0.15) is 0 Å². The highest BCUT2D eigenvalue weighted by Crippen LogP contribution is 2.20. The minimum atomic E-state index is -0.0157. The van der Waals surface area contributed by atoms with Crippen LogP contribution >= 0.6 is 11.3 Å². The first kappa shape index (κ1) is 10.6. The van der Waals surface area contributed by atoms with Gasteiger partial charge in [-0.1, -0.05) is 6.07 Å². The molecule has 4 heteroatoms. The maximum absolute atomic E-state index is 11.8. The number of amides is 1. The first-order valence-corrected chi connectivity index (χ1v) is 6.17. The zero-order valence-corrected chi connectivity index (χ0v) is 9.64. The van der Waals surface area contributed by atoms with Crippen molar-refractivity contribution in [1.29, 1.82) is 0 Å². The molecule has 0 aromatic carbocycles. The Hall–Kier alpha value is -0.870. The van der Waals surface area contributed by atoms with Gasteiger partial charge in [0.25, 0.3) is 0 Å². The third-order valence-electron chi connectivity index (χ3n) is 2.79. The minimum absolute atomic E-state index is 0.0157. The summed E-state index contributed by atoms with van der Waals surface area (Å²) in [5.74, 6) is 0.756. The molecule has 1 aromatic rings. The van der Waals surface area contributed by atoms with Crippen molar-refractivity contribution in [2.75, 3.05) is 19.6 Å². The molecule has 15 heavy (non-hydrogen) atoms. The SMILES string of the molecule is CC(C(=O)NCC1CNC1)c1cccs1. The molecule has 1 amide bonds. The number of thiophene rings is 1. The van der Waals surface area contributed by atoms with E-state index >= 15 is 0 Å². The van der Waals surface area contributed by atoms with Crippen LogP contribution in [-0.2, 0) is 4.79 Å². The van der Waals surface area contributed by atoms with Crippen LogP contribution in [0.3, 0.4) is 0 Å². The Labute approximate surface area is 93.9 Å². The molecule has 0 bridgehead atoms. The van der Waals surface area contributed by atoms with Gasteiger partial charge < -0.3 is 10.6 Å². The van der Waals surface area contributed by atoms with Gasteiger partial charge in [0.1, 0.15) is 0 Å². The fourth-order valence-corrected chi connectivity index (χ4v) is 2.34. The molecule has 0 aliphatic carbocycles. The van der Waals surface area contributed by atoms with Crippen molar-refractivity contribution in [3.8, 4) is 0 Å². The van der Waals surface area contributed by atoms with Crippen LogP contribution < -0.4 is 10.6 Å². The average Bonchev–Trinajstić information content (AvgIpc) is 2.66. The third-order valence-corrected chi connectivity index (χ3v) is 3.85. The fraction of sp³-hybridized carbons (Fsp3) is 0.545. The zero-order valence-electron chi connectivity index (χ0n) is 8.82. The molecule has 0 saturated carbocycles. The van der Waals surface area contributed by atoms with Crippen molar-refractivity contribution in [3.63, 3.8) is 0 Å².